The smallest absolute Gasteiger partial charge is 0.419 e. The average Bonchev–Trinajstić information content (AvgIpc) is 2.85. The molecule has 0 unspecified atom stereocenters. The second-order valence-corrected chi connectivity index (χ2v) is 7.39. The van der Waals surface area contributed by atoms with E-state index >= 15 is 0 Å². The Morgan fingerprint density at radius 1 is 0.889 bits per heavy atom. The molecule has 0 aliphatic carbocycles. The Bertz CT molecular complexity index is 1410. The quantitative estimate of drug-likeness (QED) is 0.273. The zero-order valence-electron chi connectivity index (χ0n) is 18.9. The van der Waals surface area contributed by atoms with Gasteiger partial charge in [-0.2, -0.15) is 13.2 Å². The number of nitrogens with zero attached hydrogens (tertiary/aromatic N) is 2. The van der Waals surface area contributed by atoms with Crippen LogP contribution in [0.3, 0.4) is 0 Å². The van der Waals surface area contributed by atoms with Gasteiger partial charge in [0.05, 0.1) is 36.7 Å². The van der Waals surface area contributed by atoms with Crippen molar-refractivity contribution in [1.29, 1.82) is 0 Å². The number of nitrogens with one attached hydrogen (secondary N) is 3. The third kappa shape index (κ3) is 5.22. The Hall–Kier alpha value is -4.61. The molecule has 36 heavy (non-hydrogen) atoms. The summed E-state index contributed by atoms with van der Waals surface area (Å²) in [5.41, 5.74) is -0.924. The van der Waals surface area contributed by atoms with E-state index in [-0.39, 0.29) is 5.69 Å². The Morgan fingerprint density at radius 3 is 2.19 bits per heavy atom. The summed E-state index contributed by atoms with van der Waals surface area (Å²) in [5.74, 6) is -0.0731. The number of carbonyl (C=O) groups excluding carboxylic acids is 1. The minimum Gasteiger partial charge on any atom is -0.497 e. The summed E-state index contributed by atoms with van der Waals surface area (Å²) in [4.78, 5) is 21.0. The van der Waals surface area contributed by atoms with Crippen LogP contribution in [-0.4, -0.2) is 30.2 Å². The van der Waals surface area contributed by atoms with Crippen molar-refractivity contribution in [2.75, 3.05) is 30.2 Å². The van der Waals surface area contributed by atoms with Crippen LogP contribution in [0, 0.1) is 5.82 Å². The fraction of sp³-hybridized carbons (Fsp3) is 0.125. The van der Waals surface area contributed by atoms with Crippen LogP contribution in [0.4, 0.5) is 45.2 Å². The molecule has 1 aromatic heterocycles. The first-order chi connectivity index (χ1) is 17.2. The lowest BCUT2D eigenvalue weighted by atomic mass is 10.1. The van der Waals surface area contributed by atoms with Gasteiger partial charge in [-0.3, -0.25) is 0 Å². The number of methoxy groups -OCH3 is 2. The number of benzene rings is 3. The van der Waals surface area contributed by atoms with Crippen molar-refractivity contribution in [1.82, 2.24) is 9.97 Å². The predicted octanol–water partition coefficient (Wildman–Crippen LogP) is 6.19. The largest absolute Gasteiger partial charge is 0.497 e. The molecule has 12 heteroatoms. The second kappa shape index (κ2) is 9.94. The van der Waals surface area contributed by atoms with E-state index in [1.807, 2.05) is 0 Å². The number of aromatic nitrogens is 2. The SMILES string of the molecule is COc1cc(Nc2ncnc3c(NC(=O)Nc4cccc(C(F)(F)F)c4F)cccc23)cc(OC)c1. The third-order valence-corrected chi connectivity index (χ3v) is 5.08. The molecule has 0 atom stereocenters. The summed E-state index contributed by atoms with van der Waals surface area (Å²) in [5, 5.41) is 8.27. The molecular formula is C24H19F4N5O3. The van der Waals surface area contributed by atoms with Gasteiger partial charge in [0.1, 0.15) is 23.6 Å². The van der Waals surface area contributed by atoms with Crippen molar-refractivity contribution in [2.45, 2.75) is 6.18 Å². The van der Waals surface area contributed by atoms with E-state index < -0.39 is 29.3 Å². The molecule has 4 aromatic rings. The van der Waals surface area contributed by atoms with Gasteiger partial charge in [-0.15, -0.1) is 0 Å². The van der Waals surface area contributed by atoms with E-state index in [4.69, 9.17) is 9.47 Å². The first kappa shape index (κ1) is 24.5. The van der Waals surface area contributed by atoms with Crippen LogP contribution in [0.5, 0.6) is 11.5 Å². The molecule has 8 nitrogen and oxygen atoms in total. The van der Waals surface area contributed by atoms with Gasteiger partial charge in [-0.05, 0) is 24.3 Å². The van der Waals surface area contributed by atoms with Gasteiger partial charge in [0, 0.05) is 29.3 Å². The number of halogens is 4. The van der Waals surface area contributed by atoms with Crippen molar-refractivity contribution in [3.63, 3.8) is 0 Å². The van der Waals surface area contributed by atoms with Gasteiger partial charge in [0.15, 0.2) is 5.82 Å². The molecule has 0 bridgehead atoms. The van der Waals surface area contributed by atoms with Crippen LogP contribution in [0.2, 0.25) is 0 Å². The number of anilines is 4. The van der Waals surface area contributed by atoms with Gasteiger partial charge < -0.3 is 25.4 Å². The maximum atomic E-state index is 14.3. The first-order valence-corrected chi connectivity index (χ1v) is 10.4. The normalized spacial score (nSPS) is 11.2. The van der Waals surface area contributed by atoms with Crippen molar-refractivity contribution in [3.8, 4) is 11.5 Å². The number of fused-ring (bicyclic) bond motifs is 1. The summed E-state index contributed by atoms with van der Waals surface area (Å²) in [7, 11) is 3.04. The van der Waals surface area contributed by atoms with Crippen molar-refractivity contribution >= 4 is 39.8 Å². The molecule has 0 radical (unpaired) electrons. The van der Waals surface area contributed by atoms with Crippen LogP contribution in [0.15, 0.2) is 60.9 Å². The standard InChI is InChI=1S/C24H19F4N5O3/c1-35-14-9-13(10-15(11-14)36-2)31-22-16-5-3-8-19(21(16)29-12-30-22)33-23(34)32-18-7-4-6-17(20(18)25)24(26,27)28/h3-12H,1-2H3,(H,29,30,31)(H2,32,33,34). The molecule has 186 valence electrons. The van der Waals surface area contributed by atoms with Crippen LogP contribution in [0.1, 0.15) is 5.56 Å². The monoisotopic (exact) mass is 501 g/mol. The number of urea groups is 1. The van der Waals surface area contributed by atoms with Gasteiger partial charge in [-0.1, -0.05) is 12.1 Å². The lowest BCUT2D eigenvalue weighted by Gasteiger charge is -2.14. The molecule has 0 aliphatic rings. The zero-order chi connectivity index (χ0) is 25.9. The molecule has 0 spiro atoms. The summed E-state index contributed by atoms with van der Waals surface area (Å²) >= 11 is 0. The molecule has 4 rings (SSSR count). The molecule has 0 saturated heterocycles. The Morgan fingerprint density at radius 2 is 1.53 bits per heavy atom. The fourth-order valence-corrected chi connectivity index (χ4v) is 3.43. The zero-order valence-corrected chi connectivity index (χ0v) is 18.9. The Labute approximate surface area is 202 Å². The highest BCUT2D eigenvalue weighted by Gasteiger charge is 2.35. The number of rotatable bonds is 6. The molecule has 0 aliphatic heterocycles. The molecular weight excluding hydrogens is 482 g/mol. The molecule has 0 fully saturated rings. The fourth-order valence-electron chi connectivity index (χ4n) is 3.43. The topological polar surface area (TPSA) is 97.4 Å². The molecule has 3 N–H and O–H groups in total. The van der Waals surface area contributed by atoms with Crippen molar-refractivity contribution < 1.29 is 31.8 Å². The highest BCUT2D eigenvalue weighted by molar-refractivity contribution is 6.07. The number of para-hydroxylation sites is 1. The number of carbonyl (C=O) groups is 1. The van der Waals surface area contributed by atoms with E-state index in [0.29, 0.717) is 40.0 Å². The second-order valence-electron chi connectivity index (χ2n) is 7.39. The minimum absolute atomic E-state index is 0.228. The number of hydrogen-bond donors (Lipinski definition) is 3. The van der Waals surface area contributed by atoms with E-state index in [1.165, 1.54) is 26.6 Å². The van der Waals surface area contributed by atoms with Crippen LogP contribution >= 0.6 is 0 Å². The van der Waals surface area contributed by atoms with E-state index in [9.17, 15) is 22.4 Å². The van der Waals surface area contributed by atoms with Crippen molar-refractivity contribution in [2.24, 2.45) is 0 Å². The minimum atomic E-state index is -4.90. The number of amides is 2. The maximum absolute atomic E-state index is 14.3. The number of ether oxygens (including phenoxy) is 2. The average molecular weight is 501 g/mol. The van der Waals surface area contributed by atoms with E-state index in [1.54, 1.807) is 30.3 Å². The summed E-state index contributed by atoms with van der Waals surface area (Å²) in [6, 6.07) is 11.7. The number of alkyl halides is 3. The lowest BCUT2D eigenvalue weighted by Crippen LogP contribution is -2.21. The van der Waals surface area contributed by atoms with Crippen molar-refractivity contribution in [3.05, 3.63) is 72.3 Å². The molecule has 1 heterocycles. The summed E-state index contributed by atoms with van der Waals surface area (Å²) in [6.07, 6.45) is -3.63. The highest BCUT2D eigenvalue weighted by Crippen LogP contribution is 2.34. The van der Waals surface area contributed by atoms with Gasteiger partial charge in [-0.25, -0.2) is 19.2 Å². The predicted molar refractivity (Wildman–Crippen MR) is 126 cm³/mol. The van der Waals surface area contributed by atoms with Crippen LogP contribution < -0.4 is 25.4 Å². The summed E-state index contributed by atoms with van der Waals surface area (Å²) < 4.78 is 63.7. The molecule has 0 saturated carbocycles. The van der Waals surface area contributed by atoms with E-state index in [2.05, 4.69) is 25.9 Å². The van der Waals surface area contributed by atoms with Crippen LogP contribution in [0.25, 0.3) is 10.9 Å². The number of hydrogen-bond acceptors (Lipinski definition) is 6. The lowest BCUT2D eigenvalue weighted by molar-refractivity contribution is -0.139. The molecule has 3 aromatic carbocycles. The van der Waals surface area contributed by atoms with E-state index in [0.717, 1.165) is 12.1 Å². The Balaban J connectivity index is 1.60. The van der Waals surface area contributed by atoms with Gasteiger partial charge >= 0.3 is 12.2 Å². The van der Waals surface area contributed by atoms with Gasteiger partial charge in [0.2, 0.25) is 0 Å². The highest BCUT2D eigenvalue weighted by atomic mass is 19.4. The Kier molecular flexibility index (Phi) is 6.77. The molecule has 2 amide bonds. The first-order valence-electron chi connectivity index (χ1n) is 10.4. The maximum Gasteiger partial charge on any atom is 0.419 e. The third-order valence-electron chi connectivity index (χ3n) is 5.08. The summed E-state index contributed by atoms with van der Waals surface area (Å²) in [6.45, 7) is 0. The van der Waals surface area contributed by atoms with Gasteiger partial charge in [0.25, 0.3) is 0 Å². The van der Waals surface area contributed by atoms with Crippen LogP contribution in [-0.2, 0) is 6.18 Å².